The number of hydrogen-bond acceptors (Lipinski definition) is 6. The third-order valence-electron chi connectivity index (χ3n) is 2.19. The molecule has 21 heavy (non-hydrogen) atoms. The van der Waals surface area contributed by atoms with Gasteiger partial charge in [-0.2, -0.15) is 0 Å². The molecule has 0 amide bonds. The first-order valence-corrected chi connectivity index (χ1v) is 6.63. The molecule has 0 aliphatic rings. The predicted octanol–water partition coefficient (Wildman–Crippen LogP) is 2.61. The fraction of sp³-hybridized carbons (Fsp3) is 0.533. The fourth-order valence-corrected chi connectivity index (χ4v) is 1.47. The van der Waals surface area contributed by atoms with Crippen LogP contribution in [0.25, 0.3) is 0 Å². The SMILES string of the molecule is COC(=O)c1cc(C(=O)OC(C)(C)C)cc(OC(C)C)n1. The van der Waals surface area contributed by atoms with E-state index in [4.69, 9.17) is 9.47 Å². The summed E-state index contributed by atoms with van der Waals surface area (Å²) in [5.41, 5.74) is -0.447. The van der Waals surface area contributed by atoms with Gasteiger partial charge in [0.15, 0.2) is 5.69 Å². The number of carbonyl (C=O) groups is 2. The second-order valence-corrected chi connectivity index (χ2v) is 5.74. The van der Waals surface area contributed by atoms with Crippen molar-refractivity contribution in [1.29, 1.82) is 0 Å². The molecule has 0 atom stereocenters. The molecule has 0 N–H and O–H groups in total. The lowest BCUT2D eigenvalue weighted by Crippen LogP contribution is -2.24. The molecule has 116 valence electrons. The Morgan fingerprint density at radius 1 is 1.14 bits per heavy atom. The van der Waals surface area contributed by atoms with E-state index in [9.17, 15) is 9.59 Å². The molecule has 0 spiro atoms. The zero-order valence-corrected chi connectivity index (χ0v) is 13.2. The van der Waals surface area contributed by atoms with Crippen molar-refractivity contribution in [3.63, 3.8) is 0 Å². The molecule has 0 aromatic carbocycles. The molecule has 0 unspecified atom stereocenters. The van der Waals surface area contributed by atoms with Crippen molar-refractivity contribution in [3.05, 3.63) is 23.4 Å². The van der Waals surface area contributed by atoms with Crippen LogP contribution in [-0.2, 0) is 9.47 Å². The van der Waals surface area contributed by atoms with Gasteiger partial charge in [-0.25, -0.2) is 14.6 Å². The molecular weight excluding hydrogens is 274 g/mol. The number of rotatable bonds is 4. The van der Waals surface area contributed by atoms with Gasteiger partial charge in [0.2, 0.25) is 5.88 Å². The number of carbonyl (C=O) groups excluding carboxylic acids is 2. The van der Waals surface area contributed by atoms with Crippen molar-refractivity contribution in [2.75, 3.05) is 7.11 Å². The van der Waals surface area contributed by atoms with E-state index < -0.39 is 17.5 Å². The number of aromatic nitrogens is 1. The molecule has 6 heteroatoms. The lowest BCUT2D eigenvalue weighted by atomic mass is 10.1. The Bertz CT molecular complexity index is 531. The van der Waals surface area contributed by atoms with Gasteiger partial charge in [-0.1, -0.05) is 0 Å². The van der Waals surface area contributed by atoms with Crippen LogP contribution in [0.2, 0.25) is 0 Å². The maximum atomic E-state index is 12.1. The number of nitrogens with zero attached hydrogens (tertiary/aromatic N) is 1. The average molecular weight is 295 g/mol. The van der Waals surface area contributed by atoms with Crippen molar-refractivity contribution >= 4 is 11.9 Å². The number of hydrogen-bond donors (Lipinski definition) is 0. The molecule has 1 aromatic rings. The molecule has 0 radical (unpaired) electrons. The van der Waals surface area contributed by atoms with Gasteiger partial charge in [0.1, 0.15) is 5.60 Å². The largest absolute Gasteiger partial charge is 0.475 e. The average Bonchev–Trinajstić information content (AvgIpc) is 2.34. The Morgan fingerprint density at radius 2 is 1.76 bits per heavy atom. The Balaban J connectivity index is 3.18. The van der Waals surface area contributed by atoms with Gasteiger partial charge in [-0.15, -0.1) is 0 Å². The van der Waals surface area contributed by atoms with Crippen molar-refractivity contribution < 1.29 is 23.8 Å². The molecule has 0 aliphatic carbocycles. The van der Waals surface area contributed by atoms with E-state index in [1.54, 1.807) is 20.8 Å². The van der Waals surface area contributed by atoms with Gasteiger partial charge in [-0.3, -0.25) is 0 Å². The van der Waals surface area contributed by atoms with Crippen LogP contribution in [0.4, 0.5) is 0 Å². The smallest absolute Gasteiger partial charge is 0.356 e. The lowest BCUT2D eigenvalue weighted by Gasteiger charge is -2.20. The van der Waals surface area contributed by atoms with Crippen molar-refractivity contribution in [1.82, 2.24) is 4.98 Å². The summed E-state index contributed by atoms with van der Waals surface area (Å²) in [6.07, 6.45) is -0.142. The van der Waals surface area contributed by atoms with Crippen LogP contribution in [0.15, 0.2) is 12.1 Å². The van der Waals surface area contributed by atoms with Crippen LogP contribution >= 0.6 is 0 Å². The topological polar surface area (TPSA) is 74.7 Å². The zero-order valence-electron chi connectivity index (χ0n) is 13.2. The van der Waals surface area contributed by atoms with Crippen LogP contribution in [0.3, 0.4) is 0 Å². The molecule has 0 fully saturated rings. The quantitative estimate of drug-likeness (QED) is 0.795. The van der Waals surface area contributed by atoms with Gasteiger partial charge >= 0.3 is 11.9 Å². The van der Waals surface area contributed by atoms with E-state index in [0.29, 0.717) is 0 Å². The summed E-state index contributed by atoms with van der Waals surface area (Å²) in [5, 5.41) is 0. The molecule has 1 rings (SSSR count). The second-order valence-electron chi connectivity index (χ2n) is 5.74. The van der Waals surface area contributed by atoms with Gasteiger partial charge in [0, 0.05) is 6.07 Å². The number of pyridine rings is 1. The lowest BCUT2D eigenvalue weighted by molar-refractivity contribution is 0.00686. The first-order valence-electron chi connectivity index (χ1n) is 6.63. The Kier molecular flexibility index (Phi) is 5.29. The molecule has 0 saturated carbocycles. The minimum atomic E-state index is -0.644. The van der Waals surface area contributed by atoms with E-state index in [2.05, 4.69) is 9.72 Å². The van der Waals surface area contributed by atoms with Crippen molar-refractivity contribution in [2.24, 2.45) is 0 Å². The van der Waals surface area contributed by atoms with Gasteiger partial charge < -0.3 is 14.2 Å². The van der Waals surface area contributed by atoms with E-state index >= 15 is 0 Å². The molecule has 0 bridgehead atoms. The zero-order chi connectivity index (χ0) is 16.2. The highest BCUT2D eigenvalue weighted by atomic mass is 16.6. The van der Waals surface area contributed by atoms with E-state index in [1.165, 1.54) is 19.2 Å². The second kappa shape index (κ2) is 6.56. The highest BCUT2D eigenvalue weighted by Crippen LogP contribution is 2.18. The summed E-state index contributed by atoms with van der Waals surface area (Å²) in [7, 11) is 1.24. The van der Waals surface area contributed by atoms with Crippen LogP contribution in [-0.4, -0.2) is 35.7 Å². The Hall–Kier alpha value is -2.11. The predicted molar refractivity (Wildman–Crippen MR) is 76.5 cm³/mol. The van der Waals surface area contributed by atoms with Crippen LogP contribution in [0.1, 0.15) is 55.5 Å². The summed E-state index contributed by atoms with van der Waals surface area (Å²) in [4.78, 5) is 27.7. The third-order valence-corrected chi connectivity index (χ3v) is 2.19. The number of methoxy groups -OCH3 is 1. The fourth-order valence-electron chi connectivity index (χ4n) is 1.47. The van der Waals surface area contributed by atoms with Crippen LogP contribution < -0.4 is 4.74 Å². The van der Waals surface area contributed by atoms with Crippen molar-refractivity contribution in [3.8, 4) is 5.88 Å². The molecule has 1 heterocycles. The van der Waals surface area contributed by atoms with Crippen molar-refractivity contribution in [2.45, 2.75) is 46.3 Å². The molecule has 0 saturated heterocycles. The number of ether oxygens (including phenoxy) is 3. The third kappa shape index (κ3) is 5.41. The maximum absolute atomic E-state index is 12.1. The summed E-state index contributed by atoms with van der Waals surface area (Å²) in [5.74, 6) is -1.02. The molecule has 0 aliphatic heterocycles. The van der Waals surface area contributed by atoms with Crippen LogP contribution in [0.5, 0.6) is 5.88 Å². The van der Waals surface area contributed by atoms with E-state index in [-0.39, 0.29) is 23.2 Å². The van der Waals surface area contributed by atoms with Gasteiger partial charge in [-0.05, 0) is 40.7 Å². The Morgan fingerprint density at radius 3 is 2.24 bits per heavy atom. The summed E-state index contributed by atoms with van der Waals surface area (Å²) in [6, 6.07) is 2.77. The minimum absolute atomic E-state index is 0.00323. The van der Waals surface area contributed by atoms with Crippen LogP contribution in [0, 0.1) is 0 Å². The van der Waals surface area contributed by atoms with E-state index in [1.807, 2.05) is 13.8 Å². The molecule has 6 nitrogen and oxygen atoms in total. The first kappa shape index (κ1) is 16.9. The molecule has 1 aromatic heterocycles. The summed E-state index contributed by atoms with van der Waals surface area (Å²) in [6.45, 7) is 8.93. The summed E-state index contributed by atoms with van der Waals surface area (Å²) >= 11 is 0. The minimum Gasteiger partial charge on any atom is -0.475 e. The highest BCUT2D eigenvalue weighted by molar-refractivity contribution is 5.94. The molecular formula is C15H21NO5. The summed E-state index contributed by atoms with van der Waals surface area (Å²) < 4.78 is 15.3. The first-order chi connectivity index (χ1) is 9.62. The van der Waals surface area contributed by atoms with E-state index in [0.717, 1.165) is 0 Å². The monoisotopic (exact) mass is 295 g/mol. The van der Waals surface area contributed by atoms with Gasteiger partial charge in [0.05, 0.1) is 18.8 Å². The highest BCUT2D eigenvalue weighted by Gasteiger charge is 2.21. The van der Waals surface area contributed by atoms with Gasteiger partial charge in [0.25, 0.3) is 0 Å². The normalized spacial score (nSPS) is 11.2. The Labute approximate surface area is 124 Å². The standard InChI is InChI=1S/C15H21NO5/c1-9(2)20-12-8-10(13(17)21-15(3,4)5)7-11(16-12)14(18)19-6/h7-9H,1-6H3. The number of esters is 2. The maximum Gasteiger partial charge on any atom is 0.356 e.